The number of aromatic nitrogens is 3. The van der Waals surface area contributed by atoms with E-state index < -0.39 is 11.9 Å². The Balaban J connectivity index is 1.65. The number of rotatable bonds is 8. The fraction of sp³-hybridized carbons (Fsp3) is 0.444. The molecule has 0 saturated heterocycles. The van der Waals surface area contributed by atoms with Gasteiger partial charge in [-0.3, -0.25) is 14.2 Å². The molecule has 1 unspecified atom stereocenters. The summed E-state index contributed by atoms with van der Waals surface area (Å²) in [6.07, 6.45) is 3.52. The van der Waals surface area contributed by atoms with Crippen LogP contribution in [0.2, 0.25) is 0 Å². The van der Waals surface area contributed by atoms with Crippen molar-refractivity contribution < 1.29 is 14.7 Å². The summed E-state index contributed by atoms with van der Waals surface area (Å²) >= 11 is 1.32. The largest absolute Gasteiger partial charge is 0.481 e. The van der Waals surface area contributed by atoms with Gasteiger partial charge < -0.3 is 10.0 Å². The molecular formula is C18H22N4O3S. The summed E-state index contributed by atoms with van der Waals surface area (Å²) in [4.78, 5) is 25.4. The fourth-order valence-electron chi connectivity index (χ4n) is 2.63. The van der Waals surface area contributed by atoms with E-state index in [0.717, 1.165) is 18.5 Å². The van der Waals surface area contributed by atoms with Crippen LogP contribution in [0.4, 0.5) is 0 Å². The Bertz CT molecular complexity index is 786. The SMILES string of the molecule is Cc1ccc(-n2cnnc2SCC(=O)N(CC(C)C(=O)O)C2CC2)cc1. The number of benzene rings is 1. The standard InChI is InChI=1S/C18H22N4O3S/c1-12-3-5-15(6-4-12)22-11-19-20-18(22)26-10-16(23)21(14-7-8-14)9-13(2)17(24)25/h3-6,11,13-14H,7-10H2,1-2H3,(H,24,25). The van der Waals surface area contributed by atoms with Gasteiger partial charge in [0.25, 0.3) is 0 Å². The molecule has 1 saturated carbocycles. The highest BCUT2D eigenvalue weighted by atomic mass is 32.2. The molecule has 1 aliphatic rings. The van der Waals surface area contributed by atoms with Gasteiger partial charge in [0.15, 0.2) is 5.16 Å². The topological polar surface area (TPSA) is 88.3 Å². The van der Waals surface area contributed by atoms with Crippen molar-refractivity contribution in [1.82, 2.24) is 19.7 Å². The first-order valence-corrected chi connectivity index (χ1v) is 9.56. The number of carboxylic acid groups (broad SMARTS) is 1. The molecular weight excluding hydrogens is 352 g/mol. The third-order valence-electron chi connectivity index (χ3n) is 4.35. The van der Waals surface area contributed by atoms with Crippen molar-refractivity contribution >= 4 is 23.6 Å². The van der Waals surface area contributed by atoms with Crippen molar-refractivity contribution in [3.8, 4) is 5.69 Å². The normalized spacial score (nSPS) is 14.8. The average molecular weight is 374 g/mol. The molecule has 0 radical (unpaired) electrons. The zero-order valence-electron chi connectivity index (χ0n) is 14.8. The van der Waals surface area contributed by atoms with Crippen LogP contribution in [-0.2, 0) is 9.59 Å². The number of carboxylic acids is 1. The average Bonchev–Trinajstić information content (AvgIpc) is 3.35. The molecule has 1 aromatic heterocycles. The molecule has 1 aromatic carbocycles. The van der Waals surface area contributed by atoms with Crippen molar-refractivity contribution in [2.75, 3.05) is 12.3 Å². The van der Waals surface area contributed by atoms with Crippen molar-refractivity contribution in [3.63, 3.8) is 0 Å². The van der Waals surface area contributed by atoms with Gasteiger partial charge >= 0.3 is 5.97 Å². The van der Waals surface area contributed by atoms with Gasteiger partial charge in [0.05, 0.1) is 11.7 Å². The minimum Gasteiger partial charge on any atom is -0.481 e. The second-order valence-corrected chi connectivity index (χ2v) is 7.57. The lowest BCUT2D eigenvalue weighted by molar-refractivity contribution is -0.142. The molecule has 1 atom stereocenters. The van der Waals surface area contributed by atoms with Crippen molar-refractivity contribution in [1.29, 1.82) is 0 Å². The molecule has 1 amide bonds. The Morgan fingerprint density at radius 3 is 2.65 bits per heavy atom. The zero-order chi connectivity index (χ0) is 18.7. The third-order valence-corrected chi connectivity index (χ3v) is 5.28. The van der Waals surface area contributed by atoms with E-state index in [9.17, 15) is 9.59 Å². The summed E-state index contributed by atoms with van der Waals surface area (Å²) in [5.41, 5.74) is 2.10. The van der Waals surface area contributed by atoms with Crippen LogP contribution in [0.15, 0.2) is 35.7 Å². The maximum absolute atomic E-state index is 12.6. The Morgan fingerprint density at radius 2 is 2.04 bits per heavy atom. The molecule has 1 N–H and O–H groups in total. The molecule has 7 nitrogen and oxygen atoms in total. The number of amides is 1. The zero-order valence-corrected chi connectivity index (χ0v) is 15.6. The van der Waals surface area contributed by atoms with Crippen molar-refractivity contribution in [3.05, 3.63) is 36.2 Å². The lowest BCUT2D eigenvalue weighted by atomic mass is 10.1. The second kappa shape index (κ2) is 7.90. The quantitative estimate of drug-likeness (QED) is 0.714. The van der Waals surface area contributed by atoms with Gasteiger partial charge in [-0.05, 0) is 31.9 Å². The van der Waals surface area contributed by atoms with Crippen LogP contribution >= 0.6 is 11.8 Å². The van der Waals surface area contributed by atoms with Crippen molar-refractivity contribution in [2.45, 2.75) is 37.9 Å². The van der Waals surface area contributed by atoms with Gasteiger partial charge in [-0.25, -0.2) is 0 Å². The number of aliphatic carboxylic acids is 1. The maximum Gasteiger partial charge on any atom is 0.308 e. The Labute approximate surface area is 156 Å². The number of carbonyl (C=O) groups is 2. The van der Waals surface area contributed by atoms with Crippen LogP contribution in [0.5, 0.6) is 0 Å². The van der Waals surface area contributed by atoms with Gasteiger partial charge in [0.2, 0.25) is 5.91 Å². The predicted molar refractivity (Wildman–Crippen MR) is 98.4 cm³/mol. The van der Waals surface area contributed by atoms with Crippen LogP contribution < -0.4 is 0 Å². The van der Waals surface area contributed by atoms with E-state index in [0.29, 0.717) is 5.16 Å². The van der Waals surface area contributed by atoms with Gasteiger partial charge in [0, 0.05) is 18.3 Å². The van der Waals surface area contributed by atoms with E-state index in [4.69, 9.17) is 5.11 Å². The predicted octanol–water partition coefficient (Wildman–Crippen LogP) is 2.38. The summed E-state index contributed by atoms with van der Waals surface area (Å²) in [7, 11) is 0. The monoisotopic (exact) mass is 374 g/mol. The van der Waals surface area contributed by atoms with Gasteiger partial charge in [-0.2, -0.15) is 0 Å². The first-order valence-electron chi connectivity index (χ1n) is 8.58. The highest BCUT2D eigenvalue weighted by Gasteiger charge is 2.34. The van der Waals surface area contributed by atoms with E-state index in [1.54, 1.807) is 18.2 Å². The second-order valence-electron chi connectivity index (χ2n) is 6.62. The number of hydrogen-bond acceptors (Lipinski definition) is 5. The molecule has 8 heteroatoms. The van der Waals surface area contributed by atoms with Gasteiger partial charge in [0.1, 0.15) is 6.33 Å². The molecule has 3 rings (SSSR count). The molecule has 0 spiro atoms. The molecule has 1 fully saturated rings. The van der Waals surface area contributed by atoms with Crippen LogP contribution in [0.1, 0.15) is 25.3 Å². The lowest BCUT2D eigenvalue weighted by Crippen LogP contribution is -2.39. The number of hydrogen-bond donors (Lipinski definition) is 1. The molecule has 26 heavy (non-hydrogen) atoms. The van der Waals surface area contributed by atoms with Crippen LogP contribution in [0.3, 0.4) is 0 Å². The highest BCUT2D eigenvalue weighted by molar-refractivity contribution is 7.99. The third kappa shape index (κ3) is 4.43. The Kier molecular flexibility index (Phi) is 5.61. The van der Waals surface area contributed by atoms with Gasteiger partial charge in [-0.15, -0.1) is 10.2 Å². The summed E-state index contributed by atoms with van der Waals surface area (Å²) in [6.45, 7) is 3.91. The van der Waals surface area contributed by atoms with E-state index in [2.05, 4.69) is 10.2 Å². The minimum absolute atomic E-state index is 0.0518. The smallest absolute Gasteiger partial charge is 0.308 e. The molecule has 0 aliphatic heterocycles. The Hall–Kier alpha value is -2.35. The van der Waals surface area contributed by atoms with Crippen LogP contribution in [0.25, 0.3) is 5.69 Å². The van der Waals surface area contributed by atoms with E-state index >= 15 is 0 Å². The van der Waals surface area contributed by atoms with E-state index in [1.165, 1.54) is 17.3 Å². The summed E-state index contributed by atoms with van der Waals surface area (Å²) in [5, 5.41) is 17.8. The Morgan fingerprint density at radius 1 is 1.35 bits per heavy atom. The first-order chi connectivity index (χ1) is 12.5. The van der Waals surface area contributed by atoms with E-state index in [1.807, 2.05) is 35.8 Å². The number of aryl methyl sites for hydroxylation is 1. The lowest BCUT2D eigenvalue weighted by Gasteiger charge is -2.24. The minimum atomic E-state index is -0.879. The van der Waals surface area contributed by atoms with Crippen LogP contribution in [-0.4, -0.2) is 55.0 Å². The first kappa shape index (κ1) is 18.4. The fourth-order valence-corrected chi connectivity index (χ4v) is 3.44. The van der Waals surface area contributed by atoms with E-state index in [-0.39, 0.29) is 24.2 Å². The number of carbonyl (C=O) groups excluding carboxylic acids is 1. The highest BCUT2D eigenvalue weighted by Crippen LogP contribution is 2.29. The molecule has 138 valence electrons. The summed E-state index contributed by atoms with van der Waals surface area (Å²) in [5.74, 6) is -1.28. The van der Waals surface area contributed by atoms with Gasteiger partial charge in [-0.1, -0.05) is 36.4 Å². The van der Waals surface area contributed by atoms with Crippen LogP contribution in [0, 0.1) is 12.8 Å². The molecule has 1 heterocycles. The molecule has 2 aromatic rings. The van der Waals surface area contributed by atoms with Crippen molar-refractivity contribution in [2.24, 2.45) is 5.92 Å². The summed E-state index contributed by atoms with van der Waals surface area (Å²) < 4.78 is 1.85. The number of nitrogens with zero attached hydrogens (tertiary/aromatic N) is 4. The summed E-state index contributed by atoms with van der Waals surface area (Å²) in [6, 6.07) is 8.17. The molecule has 1 aliphatic carbocycles. The number of thioether (sulfide) groups is 1. The molecule has 0 bridgehead atoms. The maximum atomic E-state index is 12.6.